The van der Waals surface area contributed by atoms with Crippen molar-refractivity contribution in [2.24, 2.45) is 5.92 Å². The van der Waals surface area contributed by atoms with E-state index in [0.29, 0.717) is 5.92 Å². The highest BCUT2D eigenvalue weighted by molar-refractivity contribution is 5.26. The van der Waals surface area contributed by atoms with Crippen molar-refractivity contribution < 1.29 is 4.39 Å². The fourth-order valence-corrected chi connectivity index (χ4v) is 2.75. The number of hydrogen-bond donors (Lipinski definition) is 1. The second-order valence-corrected chi connectivity index (χ2v) is 5.02. The van der Waals surface area contributed by atoms with Gasteiger partial charge in [0.1, 0.15) is 5.82 Å². The SMILES string of the molecule is CC(C)C1(c2ccc(F)cc2)CCCCN1. The van der Waals surface area contributed by atoms with Gasteiger partial charge in [-0.15, -0.1) is 0 Å². The van der Waals surface area contributed by atoms with E-state index in [4.69, 9.17) is 0 Å². The molecule has 1 fully saturated rings. The first-order valence-electron chi connectivity index (χ1n) is 6.16. The molecule has 1 heterocycles. The summed E-state index contributed by atoms with van der Waals surface area (Å²) in [7, 11) is 0. The Kier molecular flexibility index (Phi) is 3.29. The summed E-state index contributed by atoms with van der Waals surface area (Å²) in [6, 6.07) is 6.98. The van der Waals surface area contributed by atoms with Crippen LogP contribution in [0.3, 0.4) is 0 Å². The van der Waals surface area contributed by atoms with Crippen molar-refractivity contribution in [1.29, 1.82) is 0 Å². The van der Waals surface area contributed by atoms with Crippen molar-refractivity contribution >= 4 is 0 Å². The first-order valence-corrected chi connectivity index (χ1v) is 6.16. The van der Waals surface area contributed by atoms with Crippen LogP contribution >= 0.6 is 0 Å². The molecule has 0 bridgehead atoms. The highest BCUT2D eigenvalue weighted by Gasteiger charge is 2.36. The van der Waals surface area contributed by atoms with Gasteiger partial charge in [0.15, 0.2) is 0 Å². The minimum absolute atomic E-state index is 0.0476. The number of nitrogens with one attached hydrogen (secondary N) is 1. The second-order valence-electron chi connectivity index (χ2n) is 5.02. The van der Waals surface area contributed by atoms with Crippen LogP contribution in [-0.2, 0) is 5.54 Å². The molecule has 2 heteroatoms. The van der Waals surface area contributed by atoms with Gasteiger partial charge in [-0.2, -0.15) is 0 Å². The molecular formula is C14H20FN. The van der Waals surface area contributed by atoms with Crippen LogP contribution in [0.15, 0.2) is 24.3 Å². The van der Waals surface area contributed by atoms with E-state index in [2.05, 4.69) is 19.2 Å². The largest absolute Gasteiger partial charge is 0.307 e. The van der Waals surface area contributed by atoms with Crippen molar-refractivity contribution in [3.05, 3.63) is 35.6 Å². The van der Waals surface area contributed by atoms with Gasteiger partial charge >= 0.3 is 0 Å². The molecule has 16 heavy (non-hydrogen) atoms. The van der Waals surface area contributed by atoms with Gasteiger partial charge in [0, 0.05) is 5.54 Å². The topological polar surface area (TPSA) is 12.0 Å². The number of hydrogen-bond acceptors (Lipinski definition) is 1. The number of benzene rings is 1. The molecule has 0 radical (unpaired) electrons. The molecule has 0 aliphatic carbocycles. The monoisotopic (exact) mass is 221 g/mol. The van der Waals surface area contributed by atoms with Crippen molar-refractivity contribution in [3.8, 4) is 0 Å². The van der Waals surface area contributed by atoms with E-state index in [1.54, 1.807) is 12.1 Å². The number of piperidine rings is 1. The van der Waals surface area contributed by atoms with Crippen LogP contribution in [0.1, 0.15) is 38.7 Å². The molecule has 88 valence electrons. The summed E-state index contributed by atoms with van der Waals surface area (Å²) in [4.78, 5) is 0. The van der Waals surface area contributed by atoms with Crippen LogP contribution in [-0.4, -0.2) is 6.54 Å². The maximum atomic E-state index is 13.0. The zero-order chi connectivity index (χ0) is 11.6. The van der Waals surface area contributed by atoms with Crippen LogP contribution in [0.25, 0.3) is 0 Å². The van der Waals surface area contributed by atoms with Crippen LogP contribution in [0.5, 0.6) is 0 Å². The molecule has 0 aromatic heterocycles. The fraction of sp³-hybridized carbons (Fsp3) is 0.571. The van der Waals surface area contributed by atoms with Crippen LogP contribution < -0.4 is 5.32 Å². The fourth-order valence-electron chi connectivity index (χ4n) is 2.75. The zero-order valence-corrected chi connectivity index (χ0v) is 10.1. The summed E-state index contributed by atoms with van der Waals surface area (Å²) in [6.07, 6.45) is 3.65. The van der Waals surface area contributed by atoms with E-state index in [1.807, 2.05) is 12.1 Å². The van der Waals surface area contributed by atoms with Gasteiger partial charge in [-0.1, -0.05) is 26.0 Å². The normalized spacial score (nSPS) is 26.0. The Labute approximate surface area is 97.1 Å². The first-order chi connectivity index (χ1) is 7.65. The third kappa shape index (κ3) is 1.99. The Morgan fingerprint density at radius 1 is 1.19 bits per heavy atom. The Balaban J connectivity index is 2.34. The molecule has 1 aromatic rings. The van der Waals surface area contributed by atoms with Crippen molar-refractivity contribution in [1.82, 2.24) is 5.32 Å². The molecule has 1 aliphatic rings. The van der Waals surface area contributed by atoms with Crippen LogP contribution in [0.2, 0.25) is 0 Å². The van der Waals surface area contributed by atoms with E-state index in [-0.39, 0.29) is 11.4 Å². The zero-order valence-electron chi connectivity index (χ0n) is 10.1. The third-order valence-corrected chi connectivity index (χ3v) is 3.78. The Morgan fingerprint density at radius 2 is 1.88 bits per heavy atom. The predicted molar refractivity (Wildman–Crippen MR) is 64.8 cm³/mol. The molecule has 1 aromatic carbocycles. The standard InChI is InChI=1S/C14H20FN/c1-11(2)14(9-3-4-10-16-14)12-5-7-13(15)8-6-12/h5-8,11,16H,3-4,9-10H2,1-2H3. The number of rotatable bonds is 2. The minimum Gasteiger partial charge on any atom is -0.307 e. The molecule has 0 saturated carbocycles. The molecular weight excluding hydrogens is 201 g/mol. The second kappa shape index (κ2) is 4.54. The molecule has 1 atom stereocenters. The maximum Gasteiger partial charge on any atom is 0.123 e. The highest BCUT2D eigenvalue weighted by atomic mass is 19.1. The van der Waals surface area contributed by atoms with Crippen molar-refractivity contribution in [2.45, 2.75) is 38.6 Å². The number of halogens is 1. The lowest BCUT2D eigenvalue weighted by Gasteiger charge is -2.42. The molecule has 1 nitrogen and oxygen atoms in total. The van der Waals surface area contributed by atoms with Gasteiger partial charge in [-0.3, -0.25) is 0 Å². The van der Waals surface area contributed by atoms with Crippen LogP contribution in [0, 0.1) is 11.7 Å². The Morgan fingerprint density at radius 3 is 2.38 bits per heavy atom. The molecule has 1 saturated heterocycles. The Hall–Kier alpha value is -0.890. The lowest BCUT2D eigenvalue weighted by Crippen LogP contribution is -2.49. The summed E-state index contributed by atoms with van der Waals surface area (Å²) < 4.78 is 13.0. The van der Waals surface area contributed by atoms with Gasteiger partial charge in [-0.05, 0) is 49.4 Å². The van der Waals surface area contributed by atoms with E-state index in [9.17, 15) is 4.39 Å². The summed E-state index contributed by atoms with van der Waals surface area (Å²) in [5.41, 5.74) is 1.27. The Bertz CT molecular complexity index is 336. The molecule has 1 aliphatic heterocycles. The van der Waals surface area contributed by atoms with Gasteiger partial charge in [0.05, 0.1) is 0 Å². The van der Waals surface area contributed by atoms with Crippen molar-refractivity contribution in [2.75, 3.05) is 6.54 Å². The van der Waals surface area contributed by atoms with Crippen LogP contribution in [0.4, 0.5) is 4.39 Å². The lowest BCUT2D eigenvalue weighted by atomic mass is 9.74. The smallest absolute Gasteiger partial charge is 0.123 e. The molecule has 0 amide bonds. The quantitative estimate of drug-likeness (QED) is 0.806. The van der Waals surface area contributed by atoms with Gasteiger partial charge in [-0.25, -0.2) is 4.39 Å². The van der Waals surface area contributed by atoms with E-state index in [1.165, 1.54) is 18.4 Å². The van der Waals surface area contributed by atoms with Gasteiger partial charge < -0.3 is 5.32 Å². The molecule has 0 spiro atoms. The minimum atomic E-state index is -0.154. The molecule has 1 N–H and O–H groups in total. The highest BCUT2D eigenvalue weighted by Crippen LogP contribution is 2.36. The van der Waals surface area contributed by atoms with Gasteiger partial charge in [0.2, 0.25) is 0 Å². The summed E-state index contributed by atoms with van der Waals surface area (Å²) in [5, 5.41) is 3.65. The maximum absolute atomic E-state index is 13.0. The lowest BCUT2D eigenvalue weighted by molar-refractivity contribution is 0.184. The predicted octanol–water partition coefficient (Wildman–Crippen LogP) is 3.45. The first kappa shape index (κ1) is 11.6. The average Bonchev–Trinajstić information content (AvgIpc) is 2.30. The summed E-state index contributed by atoms with van der Waals surface area (Å²) in [5.74, 6) is 0.372. The van der Waals surface area contributed by atoms with Gasteiger partial charge in [0.25, 0.3) is 0 Å². The third-order valence-electron chi connectivity index (χ3n) is 3.78. The summed E-state index contributed by atoms with van der Waals surface area (Å²) >= 11 is 0. The summed E-state index contributed by atoms with van der Waals surface area (Å²) in [6.45, 7) is 5.54. The molecule has 1 unspecified atom stereocenters. The molecule has 2 rings (SSSR count). The van der Waals surface area contributed by atoms with E-state index >= 15 is 0 Å². The van der Waals surface area contributed by atoms with Crippen molar-refractivity contribution in [3.63, 3.8) is 0 Å². The van der Waals surface area contributed by atoms with E-state index in [0.717, 1.165) is 13.0 Å². The average molecular weight is 221 g/mol. The van der Waals surface area contributed by atoms with E-state index < -0.39 is 0 Å².